The molecule has 0 aliphatic carbocycles. The predicted molar refractivity (Wildman–Crippen MR) is 76.8 cm³/mol. The summed E-state index contributed by atoms with van der Waals surface area (Å²) in [5.74, 6) is -0.453. The lowest BCUT2D eigenvalue weighted by Gasteiger charge is -2.23. The Labute approximate surface area is 127 Å². The molecule has 0 radical (unpaired) electrons. The third-order valence-corrected chi connectivity index (χ3v) is 3.60. The van der Waals surface area contributed by atoms with Crippen LogP contribution < -0.4 is 10.2 Å². The number of ether oxygens (including phenoxy) is 1. The largest absolute Gasteiger partial charge is 0.370 e. The third-order valence-electron chi connectivity index (χ3n) is 3.37. The molecule has 8 heteroatoms. The van der Waals surface area contributed by atoms with Gasteiger partial charge in [-0.15, -0.1) is 0 Å². The van der Waals surface area contributed by atoms with E-state index < -0.39 is 10.8 Å². The lowest BCUT2D eigenvalue weighted by molar-refractivity contribution is -0.906. The summed E-state index contributed by atoms with van der Waals surface area (Å²) < 4.78 is 5.25. The first kappa shape index (κ1) is 15.7. The number of nitro groups is 1. The van der Waals surface area contributed by atoms with Crippen LogP contribution in [-0.4, -0.2) is 50.2 Å². The van der Waals surface area contributed by atoms with Gasteiger partial charge in [-0.25, -0.2) is 0 Å². The second-order valence-electron chi connectivity index (χ2n) is 4.79. The number of hydrogen-bond donors (Lipinski definition) is 2. The van der Waals surface area contributed by atoms with Crippen molar-refractivity contribution in [3.63, 3.8) is 0 Å². The maximum atomic E-state index is 12.0. The molecule has 1 aliphatic heterocycles. The summed E-state index contributed by atoms with van der Waals surface area (Å²) in [4.78, 5) is 23.7. The van der Waals surface area contributed by atoms with Crippen LogP contribution in [0.3, 0.4) is 0 Å². The van der Waals surface area contributed by atoms with Crippen molar-refractivity contribution in [1.82, 2.24) is 5.32 Å². The Morgan fingerprint density at radius 2 is 2.14 bits per heavy atom. The predicted octanol–water partition coefficient (Wildman–Crippen LogP) is -0.107. The Balaban J connectivity index is 1.92. The van der Waals surface area contributed by atoms with Gasteiger partial charge in [0.1, 0.15) is 18.7 Å². The molecule has 1 saturated heterocycles. The number of carbonyl (C=O) groups excluding carboxylic acids is 1. The molecule has 114 valence electrons. The summed E-state index contributed by atoms with van der Waals surface area (Å²) in [6, 6.07) is 4.03. The maximum absolute atomic E-state index is 12.0. The number of nitrogens with one attached hydrogen (secondary N) is 2. The summed E-state index contributed by atoms with van der Waals surface area (Å²) in [5.41, 5.74) is -0.250. The Morgan fingerprint density at radius 3 is 2.81 bits per heavy atom. The monoisotopic (exact) mass is 314 g/mol. The second kappa shape index (κ2) is 7.35. The number of nitrogens with zero attached hydrogens (tertiary/aromatic N) is 1. The van der Waals surface area contributed by atoms with E-state index in [1.165, 1.54) is 23.1 Å². The number of rotatable bonds is 5. The highest BCUT2D eigenvalue weighted by Crippen LogP contribution is 2.22. The zero-order valence-corrected chi connectivity index (χ0v) is 12.2. The molecule has 1 aliphatic rings. The van der Waals surface area contributed by atoms with Gasteiger partial charge in [0.2, 0.25) is 0 Å². The fraction of sp³-hybridized carbons (Fsp3) is 0.462. The van der Waals surface area contributed by atoms with Crippen LogP contribution in [0, 0.1) is 10.1 Å². The van der Waals surface area contributed by atoms with Crippen LogP contribution in [0.1, 0.15) is 10.4 Å². The number of hydrogen-bond acceptors (Lipinski definition) is 4. The van der Waals surface area contributed by atoms with Gasteiger partial charge in [-0.05, 0) is 12.1 Å². The van der Waals surface area contributed by atoms with Crippen LogP contribution >= 0.6 is 11.6 Å². The summed E-state index contributed by atoms with van der Waals surface area (Å²) in [7, 11) is 0. The average Bonchev–Trinajstić information content (AvgIpc) is 2.48. The van der Waals surface area contributed by atoms with Crippen molar-refractivity contribution in [2.24, 2.45) is 0 Å². The van der Waals surface area contributed by atoms with E-state index in [-0.39, 0.29) is 16.3 Å². The summed E-state index contributed by atoms with van der Waals surface area (Å²) in [6.45, 7) is 4.52. The van der Waals surface area contributed by atoms with Gasteiger partial charge in [-0.3, -0.25) is 14.9 Å². The molecular weight excluding hydrogens is 298 g/mol. The molecule has 21 heavy (non-hydrogen) atoms. The minimum atomic E-state index is -0.603. The van der Waals surface area contributed by atoms with E-state index >= 15 is 0 Å². The molecule has 1 amide bonds. The van der Waals surface area contributed by atoms with Crippen molar-refractivity contribution >= 4 is 23.2 Å². The minimum absolute atomic E-state index is 0.0291. The molecule has 1 fully saturated rings. The Morgan fingerprint density at radius 1 is 1.43 bits per heavy atom. The second-order valence-corrected chi connectivity index (χ2v) is 5.22. The highest BCUT2D eigenvalue weighted by atomic mass is 35.5. The van der Waals surface area contributed by atoms with Gasteiger partial charge in [0, 0.05) is 11.1 Å². The normalized spacial score (nSPS) is 15.7. The molecule has 7 nitrogen and oxygen atoms in total. The first-order valence-electron chi connectivity index (χ1n) is 6.71. The topological polar surface area (TPSA) is 85.9 Å². The lowest BCUT2D eigenvalue weighted by atomic mass is 10.1. The molecular formula is C13H17ClN3O4+. The van der Waals surface area contributed by atoms with Gasteiger partial charge in [-0.2, -0.15) is 0 Å². The molecule has 1 heterocycles. The van der Waals surface area contributed by atoms with Crippen molar-refractivity contribution in [1.29, 1.82) is 0 Å². The Hall–Kier alpha value is -1.70. The van der Waals surface area contributed by atoms with Crippen LogP contribution in [-0.2, 0) is 4.74 Å². The highest BCUT2D eigenvalue weighted by molar-refractivity contribution is 6.31. The molecule has 0 aromatic heterocycles. The summed E-state index contributed by atoms with van der Waals surface area (Å²) >= 11 is 5.72. The molecule has 0 atom stereocenters. The van der Waals surface area contributed by atoms with Gasteiger partial charge in [0.25, 0.3) is 11.6 Å². The summed E-state index contributed by atoms with van der Waals surface area (Å²) in [5, 5.41) is 13.9. The molecule has 0 bridgehead atoms. The molecule has 2 rings (SSSR count). The fourth-order valence-electron chi connectivity index (χ4n) is 2.21. The van der Waals surface area contributed by atoms with E-state index in [1.807, 2.05) is 0 Å². The first-order valence-corrected chi connectivity index (χ1v) is 7.09. The third kappa shape index (κ3) is 4.38. The van der Waals surface area contributed by atoms with E-state index in [9.17, 15) is 14.9 Å². The van der Waals surface area contributed by atoms with Gasteiger partial charge < -0.3 is 15.0 Å². The van der Waals surface area contributed by atoms with Gasteiger partial charge >= 0.3 is 0 Å². The molecule has 0 unspecified atom stereocenters. The lowest BCUT2D eigenvalue weighted by Crippen LogP contribution is -3.14. The first-order chi connectivity index (χ1) is 10.1. The fourth-order valence-corrected chi connectivity index (χ4v) is 2.37. The van der Waals surface area contributed by atoms with Crippen molar-refractivity contribution in [3.8, 4) is 0 Å². The quantitative estimate of drug-likeness (QED) is 0.587. The zero-order chi connectivity index (χ0) is 15.2. The Bertz CT molecular complexity index is 532. The van der Waals surface area contributed by atoms with Crippen LogP contribution in [0.4, 0.5) is 5.69 Å². The molecule has 0 saturated carbocycles. The van der Waals surface area contributed by atoms with Crippen LogP contribution in [0.25, 0.3) is 0 Å². The van der Waals surface area contributed by atoms with E-state index in [4.69, 9.17) is 16.3 Å². The number of carbonyl (C=O) groups is 1. The standard InChI is InChI=1S/C13H16ClN3O4/c14-10-1-2-11(12(9-10)17(19)20)13(18)15-3-4-16-5-7-21-8-6-16/h1-2,9H,3-8H2,(H,15,18)/p+1. The minimum Gasteiger partial charge on any atom is -0.370 e. The van der Waals surface area contributed by atoms with Crippen LogP contribution in [0.2, 0.25) is 5.02 Å². The molecule has 1 aromatic rings. The van der Waals surface area contributed by atoms with Crippen LogP contribution in [0.5, 0.6) is 0 Å². The van der Waals surface area contributed by atoms with Gasteiger partial charge in [0.15, 0.2) is 0 Å². The van der Waals surface area contributed by atoms with E-state index in [2.05, 4.69) is 5.32 Å². The van der Waals surface area contributed by atoms with Crippen molar-refractivity contribution < 1.29 is 19.4 Å². The average molecular weight is 315 g/mol. The number of benzene rings is 1. The van der Waals surface area contributed by atoms with Crippen molar-refractivity contribution in [2.45, 2.75) is 0 Å². The van der Waals surface area contributed by atoms with E-state index in [0.717, 1.165) is 32.8 Å². The smallest absolute Gasteiger partial charge is 0.283 e. The number of amides is 1. The van der Waals surface area contributed by atoms with Crippen LogP contribution in [0.15, 0.2) is 18.2 Å². The number of nitro benzene ring substituents is 1. The molecule has 2 N–H and O–H groups in total. The molecule has 1 aromatic carbocycles. The Kier molecular flexibility index (Phi) is 5.49. The highest BCUT2D eigenvalue weighted by Gasteiger charge is 2.21. The van der Waals surface area contributed by atoms with Crippen molar-refractivity contribution in [3.05, 3.63) is 38.9 Å². The maximum Gasteiger partial charge on any atom is 0.283 e. The summed E-state index contributed by atoms with van der Waals surface area (Å²) in [6.07, 6.45) is 0. The van der Waals surface area contributed by atoms with Crippen molar-refractivity contribution in [2.75, 3.05) is 39.4 Å². The van der Waals surface area contributed by atoms with Gasteiger partial charge in [0.05, 0.1) is 31.2 Å². The zero-order valence-electron chi connectivity index (χ0n) is 11.4. The number of halogens is 1. The SMILES string of the molecule is O=C(NCC[NH+]1CCOCC1)c1ccc(Cl)cc1[N+](=O)[O-]. The number of quaternary nitrogens is 1. The molecule has 0 spiro atoms. The van der Waals surface area contributed by atoms with E-state index in [0.29, 0.717) is 6.54 Å². The number of morpholine rings is 1. The van der Waals surface area contributed by atoms with E-state index in [1.54, 1.807) is 0 Å². The van der Waals surface area contributed by atoms with Gasteiger partial charge in [-0.1, -0.05) is 11.6 Å².